The van der Waals surface area contributed by atoms with E-state index in [2.05, 4.69) is 23.0 Å². The van der Waals surface area contributed by atoms with Crippen LogP contribution in [0.1, 0.15) is 36.4 Å². The number of hydrogen-bond donors (Lipinski definition) is 2. The van der Waals surface area contributed by atoms with E-state index in [1.807, 2.05) is 39.8 Å². The number of ether oxygens (including phenoxy) is 4. The highest BCUT2D eigenvalue weighted by Crippen LogP contribution is 2.32. The summed E-state index contributed by atoms with van der Waals surface area (Å²) in [7, 11) is 0.590. The summed E-state index contributed by atoms with van der Waals surface area (Å²) in [6.07, 6.45) is 2.47. The predicted octanol–water partition coefficient (Wildman–Crippen LogP) is 4.57. The van der Waals surface area contributed by atoms with Crippen LogP contribution in [0.15, 0.2) is 66.8 Å². The van der Waals surface area contributed by atoms with Crippen LogP contribution in [-0.2, 0) is 25.4 Å². The number of aliphatic hydroxyl groups is 2. The molecule has 0 saturated carbocycles. The first-order valence-electron chi connectivity index (χ1n) is 14.0. The van der Waals surface area contributed by atoms with Gasteiger partial charge in [-0.25, -0.2) is 0 Å². The lowest BCUT2D eigenvalue weighted by atomic mass is 9.79. The molecule has 11 nitrogen and oxygen atoms in total. The highest BCUT2D eigenvalue weighted by Gasteiger charge is 2.33. The molecule has 0 bridgehead atoms. The second-order valence-electron chi connectivity index (χ2n) is 10.9. The van der Waals surface area contributed by atoms with E-state index in [1.54, 1.807) is 31.3 Å². The van der Waals surface area contributed by atoms with Gasteiger partial charge in [0.2, 0.25) is 0 Å². The van der Waals surface area contributed by atoms with Crippen LogP contribution in [0.4, 0.5) is 0 Å². The molecule has 1 aromatic heterocycles. The molecule has 1 fully saturated rings. The molecular formula is C31H36BN3O8. The van der Waals surface area contributed by atoms with Gasteiger partial charge >= 0.3 is 13.1 Å². The zero-order valence-corrected chi connectivity index (χ0v) is 25.2. The number of rotatable bonds is 8. The third-order valence-corrected chi connectivity index (χ3v) is 7.06. The molecule has 1 saturated heterocycles. The Bertz CT molecular complexity index is 1480. The lowest BCUT2D eigenvalue weighted by Crippen LogP contribution is -2.37. The highest BCUT2D eigenvalue weighted by molar-refractivity contribution is 6.61. The van der Waals surface area contributed by atoms with Crippen molar-refractivity contribution in [2.24, 2.45) is 0 Å². The Morgan fingerprint density at radius 1 is 0.953 bits per heavy atom. The van der Waals surface area contributed by atoms with Gasteiger partial charge in [0.25, 0.3) is 11.9 Å². The molecule has 12 heteroatoms. The smallest absolute Gasteiger partial charge is 0.494 e. The van der Waals surface area contributed by atoms with Gasteiger partial charge < -0.3 is 43.4 Å². The van der Waals surface area contributed by atoms with Gasteiger partial charge in [0.15, 0.2) is 5.79 Å². The quantitative estimate of drug-likeness (QED) is 0.359. The molecule has 0 unspecified atom stereocenters. The van der Waals surface area contributed by atoms with Crippen LogP contribution in [0.5, 0.6) is 11.8 Å². The average Bonchev–Trinajstić information content (AvgIpc) is 3.29. The minimum Gasteiger partial charge on any atom is -0.494 e. The zero-order chi connectivity index (χ0) is 30.7. The van der Waals surface area contributed by atoms with Gasteiger partial charge in [-0.2, -0.15) is 9.97 Å². The monoisotopic (exact) mass is 589 g/mol. The van der Waals surface area contributed by atoms with Crippen LogP contribution in [0, 0.1) is 20.8 Å². The van der Waals surface area contributed by atoms with Gasteiger partial charge in [0, 0.05) is 18.1 Å². The van der Waals surface area contributed by atoms with Crippen molar-refractivity contribution in [1.29, 1.82) is 0 Å². The number of aryl methyl sites for hydroxylation is 2. The molecule has 3 aromatic rings. The van der Waals surface area contributed by atoms with Gasteiger partial charge in [0.1, 0.15) is 25.1 Å². The van der Waals surface area contributed by atoms with E-state index in [0.717, 1.165) is 33.6 Å². The fourth-order valence-electron chi connectivity index (χ4n) is 4.97. The molecule has 0 radical (unpaired) electrons. The van der Waals surface area contributed by atoms with Crippen molar-refractivity contribution in [3.8, 4) is 22.9 Å². The Morgan fingerprint density at radius 2 is 1.60 bits per heavy atom. The van der Waals surface area contributed by atoms with Crippen LogP contribution < -0.4 is 14.9 Å². The molecule has 0 spiro atoms. The van der Waals surface area contributed by atoms with Crippen LogP contribution in [-0.4, -0.2) is 64.4 Å². The molecule has 3 heterocycles. The Kier molecular flexibility index (Phi) is 8.70. The fourth-order valence-corrected chi connectivity index (χ4v) is 4.97. The third-order valence-electron chi connectivity index (χ3n) is 7.06. The molecule has 226 valence electrons. The molecule has 0 amide bonds. The first-order chi connectivity index (χ1) is 20.5. The summed E-state index contributed by atoms with van der Waals surface area (Å²) in [6.45, 7) is 10.8. The topological polar surface area (TPSA) is 125 Å². The van der Waals surface area contributed by atoms with Gasteiger partial charge in [0.05, 0.1) is 30.4 Å². The van der Waals surface area contributed by atoms with E-state index < -0.39 is 12.9 Å². The maximum absolute atomic E-state index is 9.99. The number of aliphatic hydroxyl groups excluding tert-OH is 2. The molecular weight excluding hydrogens is 553 g/mol. The zero-order valence-electron chi connectivity index (χ0n) is 25.2. The maximum Gasteiger partial charge on any atom is 0.636 e. The van der Waals surface area contributed by atoms with E-state index in [4.69, 9.17) is 28.3 Å². The van der Waals surface area contributed by atoms with Crippen LogP contribution >= 0.6 is 0 Å². The average molecular weight is 589 g/mol. The number of benzene rings is 2. The Labute approximate surface area is 251 Å². The van der Waals surface area contributed by atoms with Crippen molar-refractivity contribution < 1.29 is 38.5 Å². The Hall–Kier alpha value is -4.42. The second kappa shape index (κ2) is 12.4. The summed E-state index contributed by atoms with van der Waals surface area (Å²) in [5.41, 5.74) is 6.27. The highest BCUT2D eigenvalue weighted by atomic mass is 16.7. The molecule has 5 rings (SSSR count). The third kappa shape index (κ3) is 7.33. The van der Waals surface area contributed by atoms with Gasteiger partial charge in [-0.3, -0.25) is 0 Å². The molecule has 2 aromatic carbocycles. The number of hydrogen-bond acceptors (Lipinski definition) is 11. The normalized spacial score (nSPS) is 19.3. The van der Waals surface area contributed by atoms with Crippen molar-refractivity contribution >= 4 is 12.6 Å². The van der Waals surface area contributed by atoms with Crippen molar-refractivity contribution in [3.05, 3.63) is 89.3 Å². The Morgan fingerprint density at radius 3 is 2.21 bits per heavy atom. The minimum absolute atomic E-state index is 0.171. The summed E-state index contributed by atoms with van der Waals surface area (Å²) < 4.78 is 34.2. The van der Waals surface area contributed by atoms with E-state index in [9.17, 15) is 10.2 Å². The molecule has 1 atom stereocenters. The van der Waals surface area contributed by atoms with Gasteiger partial charge in [-0.05, 0) is 63.4 Å². The summed E-state index contributed by atoms with van der Waals surface area (Å²) in [5, 5.41) is 20.0. The summed E-state index contributed by atoms with van der Waals surface area (Å²) in [5.74, 6) is -0.664. The SMILES string of the molecule is Cc1nc(OC[C@H]2COC(C)(C)O2)nc(C)c1-c1cccc(COc2ccc(B3OC(O)=CN(C)/C=C(/O)O3)cc2)c1C. The standard InChI is InChI=1S/C31H36BN3O8/c1-19-22(16-38-24-12-10-23(11-13-24)32-42-27(36)14-35(6)15-28(37)43-32)8-7-9-26(19)29-20(2)33-30(34-21(29)3)39-17-25-18-40-31(4,5)41-25/h7-15,25,36-37H,16-18H2,1-6H3/b27-14-,28-15?/t25-/m0/s1. The minimum atomic E-state index is -1.03. The van der Waals surface area contributed by atoms with Crippen molar-refractivity contribution in [2.75, 3.05) is 20.3 Å². The first-order valence-corrected chi connectivity index (χ1v) is 14.0. The molecule has 43 heavy (non-hydrogen) atoms. The van der Waals surface area contributed by atoms with Crippen molar-refractivity contribution in [3.63, 3.8) is 0 Å². The molecule has 2 aliphatic heterocycles. The van der Waals surface area contributed by atoms with Crippen LogP contribution in [0.2, 0.25) is 0 Å². The lowest BCUT2D eigenvalue weighted by molar-refractivity contribution is -0.141. The maximum atomic E-state index is 9.99. The predicted molar refractivity (Wildman–Crippen MR) is 160 cm³/mol. The number of nitrogens with zero attached hydrogens (tertiary/aromatic N) is 3. The lowest BCUT2D eigenvalue weighted by Gasteiger charge is -2.20. The van der Waals surface area contributed by atoms with E-state index in [0.29, 0.717) is 37.0 Å². The summed E-state index contributed by atoms with van der Waals surface area (Å²) >= 11 is 0. The van der Waals surface area contributed by atoms with Crippen molar-refractivity contribution in [1.82, 2.24) is 14.9 Å². The van der Waals surface area contributed by atoms with Crippen LogP contribution in [0.3, 0.4) is 0 Å². The van der Waals surface area contributed by atoms with Crippen molar-refractivity contribution in [2.45, 2.75) is 53.1 Å². The first kappa shape index (κ1) is 30.1. The largest absolute Gasteiger partial charge is 0.636 e. The fraction of sp³-hybridized carbons (Fsp3) is 0.355. The van der Waals surface area contributed by atoms with E-state index in [-0.39, 0.29) is 18.0 Å². The second-order valence-corrected chi connectivity index (χ2v) is 10.9. The summed E-state index contributed by atoms with van der Waals surface area (Å²) in [4.78, 5) is 10.7. The molecule has 2 aliphatic rings. The van der Waals surface area contributed by atoms with E-state index >= 15 is 0 Å². The van der Waals surface area contributed by atoms with Gasteiger partial charge in [-0.15, -0.1) is 0 Å². The summed E-state index contributed by atoms with van der Waals surface area (Å²) in [6, 6.07) is 13.4. The molecule has 2 N–H and O–H groups in total. The Balaban J connectivity index is 1.25. The number of aromatic nitrogens is 2. The van der Waals surface area contributed by atoms with E-state index in [1.165, 1.54) is 17.3 Å². The van der Waals surface area contributed by atoms with Crippen LogP contribution in [0.25, 0.3) is 11.1 Å². The molecule has 0 aliphatic carbocycles. The van der Waals surface area contributed by atoms with Gasteiger partial charge in [-0.1, -0.05) is 30.3 Å².